The van der Waals surface area contributed by atoms with Crippen molar-refractivity contribution in [3.63, 3.8) is 0 Å². The Balaban J connectivity index is 2.92. The summed E-state index contributed by atoms with van der Waals surface area (Å²) in [5, 5.41) is 17.6. The van der Waals surface area contributed by atoms with E-state index in [9.17, 15) is 4.79 Å². The normalized spacial score (nSPS) is 10.3. The number of aliphatic hydroxyl groups is 1. The summed E-state index contributed by atoms with van der Waals surface area (Å²) in [6.07, 6.45) is 0.707. The Hall–Kier alpha value is -1.35. The average molecular weight is 208 g/mol. The van der Waals surface area contributed by atoms with E-state index in [-0.39, 0.29) is 13.0 Å². The Labute approximate surface area is 89.4 Å². The van der Waals surface area contributed by atoms with Crippen molar-refractivity contribution in [1.29, 1.82) is 0 Å². The van der Waals surface area contributed by atoms with Gasteiger partial charge in [0.1, 0.15) is 0 Å². The summed E-state index contributed by atoms with van der Waals surface area (Å²) in [6, 6.07) is 3.81. The molecule has 0 heterocycles. The molecule has 0 aliphatic carbocycles. The van der Waals surface area contributed by atoms with E-state index >= 15 is 0 Å². The maximum atomic E-state index is 10.5. The van der Waals surface area contributed by atoms with Gasteiger partial charge in [0.05, 0.1) is 6.61 Å². The van der Waals surface area contributed by atoms with Crippen LogP contribution < -0.4 is 0 Å². The van der Waals surface area contributed by atoms with Gasteiger partial charge in [-0.2, -0.15) is 0 Å². The molecule has 0 saturated carbocycles. The molecule has 0 saturated heterocycles. The number of benzene rings is 1. The number of aryl methyl sites for hydroxylation is 2. The Kier molecular flexibility index (Phi) is 3.86. The molecule has 1 rings (SSSR count). The second kappa shape index (κ2) is 4.94. The molecule has 3 nitrogen and oxygen atoms in total. The smallest absolute Gasteiger partial charge is 0.303 e. The lowest BCUT2D eigenvalue weighted by Gasteiger charge is -2.10. The standard InChI is InChI=1S/C12H16O3/c1-8-5-10(7-13)6-9(2)11(8)3-4-12(14)15/h5-6,13H,3-4,7H2,1-2H3,(H,14,15). The zero-order valence-electron chi connectivity index (χ0n) is 9.08. The van der Waals surface area contributed by atoms with E-state index in [1.165, 1.54) is 0 Å². The summed E-state index contributed by atoms with van der Waals surface area (Å²) in [4.78, 5) is 10.5. The van der Waals surface area contributed by atoms with Gasteiger partial charge in [0.25, 0.3) is 0 Å². The van der Waals surface area contributed by atoms with Crippen molar-refractivity contribution in [2.75, 3.05) is 0 Å². The number of carboxylic acid groups (broad SMARTS) is 1. The fourth-order valence-corrected chi connectivity index (χ4v) is 1.80. The molecular formula is C12H16O3. The topological polar surface area (TPSA) is 57.5 Å². The van der Waals surface area contributed by atoms with Crippen molar-refractivity contribution < 1.29 is 15.0 Å². The number of hydrogen-bond acceptors (Lipinski definition) is 2. The molecule has 0 radical (unpaired) electrons. The molecule has 0 bridgehead atoms. The van der Waals surface area contributed by atoms with Crippen LogP contribution in [0, 0.1) is 13.8 Å². The first kappa shape index (κ1) is 11.7. The van der Waals surface area contributed by atoms with Gasteiger partial charge in [-0.25, -0.2) is 0 Å². The molecule has 82 valence electrons. The van der Waals surface area contributed by atoms with Gasteiger partial charge in [-0.1, -0.05) is 12.1 Å². The minimum atomic E-state index is -0.778. The highest BCUT2D eigenvalue weighted by Crippen LogP contribution is 2.18. The molecule has 0 aliphatic heterocycles. The lowest BCUT2D eigenvalue weighted by Crippen LogP contribution is -2.02. The number of carboxylic acids is 1. The van der Waals surface area contributed by atoms with Gasteiger partial charge in [-0.05, 0) is 42.5 Å². The van der Waals surface area contributed by atoms with E-state index in [4.69, 9.17) is 10.2 Å². The third kappa shape index (κ3) is 3.06. The van der Waals surface area contributed by atoms with E-state index in [0.29, 0.717) is 6.42 Å². The predicted molar refractivity (Wildman–Crippen MR) is 57.8 cm³/mol. The lowest BCUT2D eigenvalue weighted by molar-refractivity contribution is -0.136. The molecular weight excluding hydrogens is 192 g/mol. The highest BCUT2D eigenvalue weighted by atomic mass is 16.4. The maximum Gasteiger partial charge on any atom is 0.303 e. The summed E-state index contributed by atoms with van der Waals surface area (Å²) in [6.45, 7) is 3.92. The number of hydrogen-bond donors (Lipinski definition) is 2. The zero-order chi connectivity index (χ0) is 11.4. The van der Waals surface area contributed by atoms with E-state index in [0.717, 1.165) is 22.3 Å². The monoisotopic (exact) mass is 208 g/mol. The van der Waals surface area contributed by atoms with Gasteiger partial charge in [0.15, 0.2) is 0 Å². The summed E-state index contributed by atoms with van der Waals surface area (Å²) in [5.41, 5.74) is 4.07. The van der Waals surface area contributed by atoms with Crippen LogP contribution >= 0.6 is 0 Å². The van der Waals surface area contributed by atoms with Crippen LogP contribution in [0.5, 0.6) is 0 Å². The van der Waals surface area contributed by atoms with Gasteiger partial charge >= 0.3 is 5.97 Å². The average Bonchev–Trinajstić information content (AvgIpc) is 2.15. The van der Waals surface area contributed by atoms with Gasteiger partial charge in [0.2, 0.25) is 0 Å². The Morgan fingerprint density at radius 3 is 2.20 bits per heavy atom. The Morgan fingerprint density at radius 1 is 1.27 bits per heavy atom. The van der Waals surface area contributed by atoms with Crippen LogP contribution in [0.4, 0.5) is 0 Å². The van der Waals surface area contributed by atoms with Crippen molar-refractivity contribution in [1.82, 2.24) is 0 Å². The summed E-state index contributed by atoms with van der Waals surface area (Å²) >= 11 is 0. The van der Waals surface area contributed by atoms with E-state index < -0.39 is 5.97 Å². The first-order valence-corrected chi connectivity index (χ1v) is 4.96. The predicted octanol–water partition coefficient (Wildman–Crippen LogP) is 1.81. The van der Waals surface area contributed by atoms with E-state index in [1.807, 2.05) is 26.0 Å². The fraction of sp³-hybridized carbons (Fsp3) is 0.417. The van der Waals surface area contributed by atoms with Crippen LogP contribution in [-0.4, -0.2) is 16.2 Å². The first-order valence-electron chi connectivity index (χ1n) is 4.96. The quantitative estimate of drug-likeness (QED) is 0.793. The number of aliphatic carboxylic acids is 1. The first-order chi connectivity index (χ1) is 7.04. The molecule has 1 aromatic carbocycles. The largest absolute Gasteiger partial charge is 0.481 e. The second-order valence-corrected chi connectivity index (χ2v) is 3.76. The molecule has 3 heteroatoms. The van der Waals surface area contributed by atoms with Gasteiger partial charge in [0, 0.05) is 6.42 Å². The third-order valence-corrected chi connectivity index (χ3v) is 2.53. The molecule has 0 spiro atoms. The molecule has 0 aromatic heterocycles. The van der Waals surface area contributed by atoms with E-state index in [2.05, 4.69) is 0 Å². The molecule has 0 atom stereocenters. The van der Waals surface area contributed by atoms with Crippen molar-refractivity contribution in [3.05, 3.63) is 34.4 Å². The highest BCUT2D eigenvalue weighted by Gasteiger charge is 2.06. The number of rotatable bonds is 4. The number of aliphatic hydroxyl groups excluding tert-OH is 1. The molecule has 1 aromatic rings. The van der Waals surface area contributed by atoms with Gasteiger partial charge in [-0.3, -0.25) is 4.79 Å². The third-order valence-electron chi connectivity index (χ3n) is 2.53. The summed E-state index contributed by atoms with van der Waals surface area (Å²) in [5.74, 6) is -0.778. The lowest BCUT2D eigenvalue weighted by atomic mass is 9.96. The van der Waals surface area contributed by atoms with E-state index in [1.54, 1.807) is 0 Å². The molecule has 0 aliphatic rings. The molecule has 2 N–H and O–H groups in total. The fourth-order valence-electron chi connectivity index (χ4n) is 1.80. The van der Waals surface area contributed by atoms with Crippen LogP contribution in [0.3, 0.4) is 0 Å². The molecule has 15 heavy (non-hydrogen) atoms. The molecule has 0 fully saturated rings. The summed E-state index contributed by atoms with van der Waals surface area (Å²) < 4.78 is 0. The van der Waals surface area contributed by atoms with Crippen LogP contribution in [0.1, 0.15) is 28.7 Å². The Morgan fingerprint density at radius 2 is 1.80 bits per heavy atom. The van der Waals surface area contributed by atoms with Crippen LogP contribution in [0.15, 0.2) is 12.1 Å². The van der Waals surface area contributed by atoms with Gasteiger partial charge < -0.3 is 10.2 Å². The van der Waals surface area contributed by atoms with Crippen LogP contribution in [0.25, 0.3) is 0 Å². The minimum Gasteiger partial charge on any atom is -0.481 e. The molecule has 0 amide bonds. The van der Waals surface area contributed by atoms with Gasteiger partial charge in [-0.15, -0.1) is 0 Å². The SMILES string of the molecule is Cc1cc(CO)cc(C)c1CCC(=O)O. The Bertz CT molecular complexity index is 346. The van der Waals surface area contributed by atoms with Crippen molar-refractivity contribution >= 4 is 5.97 Å². The summed E-state index contributed by atoms with van der Waals surface area (Å²) in [7, 11) is 0. The van der Waals surface area contributed by atoms with Crippen molar-refractivity contribution in [2.24, 2.45) is 0 Å². The maximum absolute atomic E-state index is 10.5. The minimum absolute atomic E-state index is 0.0287. The highest BCUT2D eigenvalue weighted by molar-refractivity contribution is 5.67. The second-order valence-electron chi connectivity index (χ2n) is 3.76. The van der Waals surface area contributed by atoms with Crippen molar-refractivity contribution in [2.45, 2.75) is 33.3 Å². The molecule has 0 unspecified atom stereocenters. The van der Waals surface area contributed by atoms with Crippen LogP contribution in [-0.2, 0) is 17.8 Å². The zero-order valence-corrected chi connectivity index (χ0v) is 9.08. The number of carbonyl (C=O) groups is 1. The van der Waals surface area contributed by atoms with Crippen molar-refractivity contribution in [3.8, 4) is 0 Å². The van der Waals surface area contributed by atoms with Crippen LogP contribution in [0.2, 0.25) is 0 Å².